The van der Waals surface area contributed by atoms with Gasteiger partial charge in [0, 0.05) is 22.1 Å². The molecule has 29 heavy (non-hydrogen) atoms. The zero-order valence-corrected chi connectivity index (χ0v) is 16.4. The van der Waals surface area contributed by atoms with Crippen LogP contribution in [0.3, 0.4) is 0 Å². The van der Waals surface area contributed by atoms with Crippen LogP contribution in [-0.2, 0) is 10.5 Å². The fourth-order valence-corrected chi connectivity index (χ4v) is 4.38. The maximum Gasteiger partial charge on any atom is 0.276 e. The number of anilines is 1. The first-order valence-electron chi connectivity index (χ1n) is 8.72. The number of hydrogen-bond acceptors (Lipinski definition) is 5. The number of nitriles is 1. The lowest BCUT2D eigenvalue weighted by Gasteiger charge is -2.28. The molecule has 0 saturated heterocycles. The molecule has 0 radical (unpaired) electrons. The van der Waals surface area contributed by atoms with E-state index in [1.807, 2.05) is 25.1 Å². The minimum absolute atomic E-state index is 0.0987. The molecule has 4 rings (SSSR count). The van der Waals surface area contributed by atoms with Gasteiger partial charge in [0.05, 0.1) is 24.3 Å². The fraction of sp³-hybridized carbons (Fsp3) is 0.136. The molecule has 1 aliphatic heterocycles. The number of thiophene rings is 1. The lowest BCUT2D eigenvalue weighted by Crippen LogP contribution is -2.47. The largest absolute Gasteiger partial charge is 0.496 e. The third-order valence-corrected chi connectivity index (χ3v) is 5.80. The van der Waals surface area contributed by atoms with Crippen molar-refractivity contribution in [1.29, 1.82) is 5.26 Å². The van der Waals surface area contributed by atoms with Crippen molar-refractivity contribution in [2.24, 2.45) is 0 Å². The number of ketones is 1. The summed E-state index contributed by atoms with van der Waals surface area (Å²) in [5, 5.41) is 13.6. The molecule has 1 amide bonds. The summed E-state index contributed by atoms with van der Waals surface area (Å²) in [6.45, 7) is 1.91. The number of aryl methyl sites for hydroxylation is 1. The molecular formula is C22H15FN2O3S. The molecular weight excluding hydrogens is 391 g/mol. The van der Waals surface area contributed by atoms with E-state index in [2.05, 4.69) is 5.32 Å². The molecule has 7 heteroatoms. The fourth-order valence-electron chi connectivity index (χ4n) is 3.42. The Kier molecular flexibility index (Phi) is 4.44. The van der Waals surface area contributed by atoms with Gasteiger partial charge < -0.3 is 10.1 Å². The number of amides is 1. The number of nitrogens with one attached hydrogen (secondary N) is 1. The number of benzene rings is 2. The third-order valence-electron chi connectivity index (χ3n) is 4.91. The van der Waals surface area contributed by atoms with Crippen molar-refractivity contribution in [1.82, 2.24) is 0 Å². The molecule has 1 aliphatic rings. The Morgan fingerprint density at radius 2 is 1.97 bits per heavy atom. The van der Waals surface area contributed by atoms with E-state index in [4.69, 9.17) is 10.00 Å². The zero-order valence-electron chi connectivity index (χ0n) is 15.6. The standard InChI is InChI=1S/C22H15FN2O3S/c1-12-6-7-15(17(8-12)28-2)16-11-29-20-18(16)19(26)22(23,21(27)25-20)14-5-3-4-13(9-14)10-24/h3-9,11H,1-2H3,(H,25,27). The summed E-state index contributed by atoms with van der Waals surface area (Å²) in [7, 11) is 1.52. The van der Waals surface area contributed by atoms with Crippen LogP contribution < -0.4 is 10.1 Å². The number of rotatable bonds is 3. The van der Waals surface area contributed by atoms with Crippen LogP contribution in [0.1, 0.15) is 27.0 Å². The molecule has 1 aromatic heterocycles. The van der Waals surface area contributed by atoms with Crippen molar-refractivity contribution in [3.05, 3.63) is 70.1 Å². The first kappa shape index (κ1) is 18.8. The summed E-state index contributed by atoms with van der Waals surface area (Å²) in [5.74, 6) is -1.47. The highest BCUT2D eigenvalue weighted by atomic mass is 32.1. The first-order chi connectivity index (χ1) is 13.9. The van der Waals surface area contributed by atoms with E-state index < -0.39 is 17.4 Å². The van der Waals surface area contributed by atoms with Gasteiger partial charge in [-0.2, -0.15) is 5.26 Å². The Bertz CT molecular complexity index is 1210. The molecule has 0 spiro atoms. The summed E-state index contributed by atoms with van der Waals surface area (Å²) >= 11 is 1.15. The van der Waals surface area contributed by atoms with Gasteiger partial charge in [0.25, 0.3) is 11.6 Å². The second-order valence-electron chi connectivity index (χ2n) is 6.69. The minimum Gasteiger partial charge on any atom is -0.496 e. The molecule has 5 nitrogen and oxygen atoms in total. The highest BCUT2D eigenvalue weighted by Gasteiger charge is 2.53. The predicted octanol–water partition coefficient (Wildman–Crippen LogP) is 4.60. The van der Waals surface area contributed by atoms with Gasteiger partial charge in [-0.1, -0.05) is 24.3 Å². The number of halogens is 1. The minimum atomic E-state index is -2.92. The summed E-state index contributed by atoms with van der Waals surface area (Å²) < 4.78 is 21.4. The number of fused-ring (bicyclic) bond motifs is 1. The van der Waals surface area contributed by atoms with Crippen molar-refractivity contribution in [2.75, 3.05) is 12.4 Å². The van der Waals surface area contributed by atoms with Gasteiger partial charge in [0.2, 0.25) is 5.78 Å². The van der Waals surface area contributed by atoms with Crippen LogP contribution >= 0.6 is 11.3 Å². The molecule has 0 bridgehead atoms. The first-order valence-corrected chi connectivity index (χ1v) is 9.60. The summed E-state index contributed by atoms with van der Waals surface area (Å²) in [4.78, 5) is 25.9. The molecule has 3 aromatic rings. The predicted molar refractivity (Wildman–Crippen MR) is 108 cm³/mol. The molecule has 144 valence electrons. The van der Waals surface area contributed by atoms with Gasteiger partial charge in [-0.25, -0.2) is 4.39 Å². The normalized spacial score (nSPS) is 18.0. The third kappa shape index (κ3) is 2.80. The number of carbonyl (C=O) groups excluding carboxylic acids is 2. The van der Waals surface area contributed by atoms with Crippen LogP contribution in [0.4, 0.5) is 9.39 Å². The zero-order chi connectivity index (χ0) is 20.8. The van der Waals surface area contributed by atoms with E-state index in [1.165, 1.54) is 31.4 Å². The van der Waals surface area contributed by atoms with Crippen molar-refractivity contribution in [3.8, 4) is 22.9 Å². The van der Waals surface area contributed by atoms with Gasteiger partial charge in [0.15, 0.2) is 0 Å². The molecule has 1 unspecified atom stereocenters. The average Bonchev–Trinajstić information content (AvgIpc) is 3.15. The Labute approximate surface area is 170 Å². The molecule has 0 aliphatic carbocycles. The van der Waals surface area contributed by atoms with E-state index in [1.54, 1.807) is 11.4 Å². The van der Waals surface area contributed by atoms with E-state index >= 15 is 4.39 Å². The smallest absolute Gasteiger partial charge is 0.276 e. The van der Waals surface area contributed by atoms with Crippen molar-refractivity contribution < 1.29 is 18.7 Å². The van der Waals surface area contributed by atoms with Crippen LogP contribution in [0.5, 0.6) is 5.75 Å². The second-order valence-corrected chi connectivity index (χ2v) is 7.57. The second kappa shape index (κ2) is 6.83. The maximum atomic E-state index is 16.0. The molecule has 1 N–H and O–H groups in total. The highest BCUT2D eigenvalue weighted by molar-refractivity contribution is 7.15. The van der Waals surface area contributed by atoms with E-state index in [-0.39, 0.29) is 16.7 Å². The van der Waals surface area contributed by atoms with Gasteiger partial charge >= 0.3 is 0 Å². The van der Waals surface area contributed by atoms with Gasteiger partial charge in [0.1, 0.15) is 10.8 Å². The van der Waals surface area contributed by atoms with Crippen LogP contribution in [-0.4, -0.2) is 18.8 Å². The van der Waals surface area contributed by atoms with Gasteiger partial charge in [-0.15, -0.1) is 11.3 Å². The summed E-state index contributed by atoms with van der Waals surface area (Å²) in [6.07, 6.45) is 0. The Morgan fingerprint density at radius 3 is 2.69 bits per heavy atom. The van der Waals surface area contributed by atoms with Crippen LogP contribution in [0, 0.1) is 18.3 Å². The average molecular weight is 406 g/mol. The molecule has 2 aromatic carbocycles. The summed E-state index contributed by atoms with van der Waals surface area (Å²) in [5.41, 5.74) is -0.731. The monoisotopic (exact) mass is 406 g/mol. The lowest BCUT2D eigenvalue weighted by molar-refractivity contribution is -0.125. The number of hydrogen-bond donors (Lipinski definition) is 1. The topological polar surface area (TPSA) is 79.2 Å². The Morgan fingerprint density at radius 1 is 1.17 bits per heavy atom. The van der Waals surface area contributed by atoms with Gasteiger partial charge in [-0.05, 0) is 30.7 Å². The summed E-state index contributed by atoms with van der Waals surface area (Å²) in [6, 6.07) is 12.9. The molecule has 0 fully saturated rings. The maximum absolute atomic E-state index is 16.0. The SMILES string of the molecule is COc1cc(C)ccc1-c1csc2c1C(=O)C(F)(c1cccc(C#N)c1)C(=O)N2. The number of alkyl halides is 1. The number of carbonyl (C=O) groups is 2. The van der Waals surface area contributed by atoms with E-state index in [0.29, 0.717) is 21.9 Å². The number of Topliss-reactive ketones (excluding diaryl/α,β-unsaturated/α-hetero) is 1. The van der Waals surface area contributed by atoms with Crippen molar-refractivity contribution >= 4 is 28.0 Å². The molecule has 1 atom stereocenters. The number of methoxy groups -OCH3 is 1. The lowest BCUT2D eigenvalue weighted by atomic mass is 9.82. The van der Waals surface area contributed by atoms with Crippen molar-refractivity contribution in [3.63, 3.8) is 0 Å². The molecule has 2 heterocycles. The number of nitrogens with zero attached hydrogens (tertiary/aromatic N) is 1. The van der Waals surface area contributed by atoms with Gasteiger partial charge in [-0.3, -0.25) is 9.59 Å². The van der Waals surface area contributed by atoms with Crippen molar-refractivity contribution in [2.45, 2.75) is 12.6 Å². The quantitative estimate of drug-likeness (QED) is 0.645. The molecule has 0 saturated carbocycles. The van der Waals surface area contributed by atoms with E-state index in [0.717, 1.165) is 16.9 Å². The number of ether oxygens (including phenoxy) is 1. The van der Waals surface area contributed by atoms with Crippen LogP contribution in [0.15, 0.2) is 47.8 Å². The van der Waals surface area contributed by atoms with E-state index in [9.17, 15) is 9.59 Å². The Balaban J connectivity index is 1.90. The highest BCUT2D eigenvalue weighted by Crippen LogP contribution is 2.47. The Hall–Kier alpha value is -3.50. The van der Waals surface area contributed by atoms with Crippen LogP contribution in [0.25, 0.3) is 11.1 Å². The van der Waals surface area contributed by atoms with Crippen LogP contribution in [0.2, 0.25) is 0 Å².